The summed E-state index contributed by atoms with van der Waals surface area (Å²) in [4.78, 5) is -0.599. The fourth-order valence-electron chi connectivity index (χ4n) is 2.57. The Bertz CT molecular complexity index is 1120. The second kappa shape index (κ2) is 6.59. The van der Waals surface area contributed by atoms with Crippen LogP contribution in [0.1, 0.15) is 5.56 Å². The molecule has 0 fully saturated rings. The molecule has 0 spiro atoms. The number of sulfonamides is 1. The summed E-state index contributed by atoms with van der Waals surface area (Å²) >= 11 is 9.14. The lowest BCUT2D eigenvalue weighted by Crippen LogP contribution is -2.15. The summed E-state index contributed by atoms with van der Waals surface area (Å²) in [6.45, 7) is 0.356. The first-order valence-electron chi connectivity index (χ1n) is 7.19. The molecule has 0 radical (unpaired) electrons. The van der Waals surface area contributed by atoms with Crippen LogP contribution in [0.5, 0.6) is 11.5 Å². The molecule has 0 aliphatic carbocycles. The molecule has 140 valence electrons. The Hall–Kier alpha value is -1.49. The summed E-state index contributed by atoms with van der Waals surface area (Å²) in [5, 5.41) is 10.2. The summed E-state index contributed by atoms with van der Waals surface area (Å²) in [6, 6.07) is 5.30. The van der Waals surface area contributed by atoms with E-state index in [0.29, 0.717) is 17.5 Å². The standard InChI is InChI=1S/C15H13BrClNO6S2/c1-25(20,21)12-7-10(17)6-11(14(12)19)18-26(22,23)13-5-9(16)4-8-2-3-24-15(8)13/h4-7,18-19H,2-3H2,1H3. The molecular weight excluding hydrogens is 470 g/mol. The molecule has 26 heavy (non-hydrogen) atoms. The van der Waals surface area contributed by atoms with E-state index in [4.69, 9.17) is 16.3 Å². The number of rotatable bonds is 4. The third-order valence-electron chi connectivity index (χ3n) is 3.69. The smallest absolute Gasteiger partial charge is 0.265 e. The van der Waals surface area contributed by atoms with Crippen LogP contribution < -0.4 is 9.46 Å². The first-order chi connectivity index (χ1) is 12.0. The summed E-state index contributed by atoms with van der Waals surface area (Å²) in [5.41, 5.74) is 0.386. The van der Waals surface area contributed by atoms with Gasteiger partial charge in [-0.25, -0.2) is 16.8 Å². The fourth-order valence-corrected chi connectivity index (χ4v) is 5.58. The van der Waals surface area contributed by atoms with E-state index in [2.05, 4.69) is 20.7 Å². The van der Waals surface area contributed by atoms with Gasteiger partial charge in [0.1, 0.15) is 15.5 Å². The number of fused-ring (bicyclic) bond motifs is 1. The Balaban J connectivity index is 2.12. The number of hydrogen-bond donors (Lipinski definition) is 2. The SMILES string of the molecule is CS(=O)(=O)c1cc(Cl)cc(NS(=O)(=O)c2cc(Br)cc3c2OCC3)c1O. The van der Waals surface area contributed by atoms with E-state index in [1.54, 1.807) is 6.07 Å². The van der Waals surface area contributed by atoms with Crippen LogP contribution in [0.25, 0.3) is 0 Å². The van der Waals surface area contributed by atoms with Gasteiger partial charge in [0.25, 0.3) is 10.0 Å². The highest BCUT2D eigenvalue weighted by Gasteiger charge is 2.28. The summed E-state index contributed by atoms with van der Waals surface area (Å²) in [5.74, 6) is -0.501. The van der Waals surface area contributed by atoms with Crippen molar-refractivity contribution in [1.29, 1.82) is 0 Å². The van der Waals surface area contributed by atoms with Gasteiger partial charge >= 0.3 is 0 Å². The molecule has 0 aromatic heterocycles. The third-order valence-corrected chi connectivity index (χ3v) is 6.84. The highest BCUT2D eigenvalue weighted by Crippen LogP contribution is 2.39. The average Bonchev–Trinajstić information content (AvgIpc) is 2.96. The zero-order valence-corrected chi connectivity index (χ0v) is 17.3. The lowest BCUT2D eigenvalue weighted by atomic mass is 10.2. The van der Waals surface area contributed by atoms with E-state index < -0.39 is 30.5 Å². The Morgan fingerprint density at radius 3 is 2.50 bits per heavy atom. The zero-order chi connectivity index (χ0) is 19.3. The maximum Gasteiger partial charge on any atom is 0.265 e. The number of phenols is 1. The number of ether oxygens (including phenoxy) is 1. The number of aromatic hydroxyl groups is 1. The van der Waals surface area contributed by atoms with Gasteiger partial charge in [0.15, 0.2) is 15.6 Å². The summed E-state index contributed by atoms with van der Waals surface area (Å²) in [7, 11) is -8.00. The molecule has 3 rings (SSSR count). The predicted octanol–water partition coefficient (Wildman–Crippen LogP) is 2.95. The van der Waals surface area contributed by atoms with E-state index in [9.17, 15) is 21.9 Å². The second-order valence-corrected chi connectivity index (χ2v) is 10.7. The van der Waals surface area contributed by atoms with Gasteiger partial charge in [-0.2, -0.15) is 0 Å². The van der Waals surface area contributed by atoms with Crippen molar-refractivity contribution in [2.75, 3.05) is 17.6 Å². The Morgan fingerprint density at radius 2 is 1.85 bits per heavy atom. The molecule has 1 aliphatic heterocycles. The van der Waals surface area contributed by atoms with Gasteiger partial charge < -0.3 is 9.84 Å². The van der Waals surface area contributed by atoms with Crippen LogP contribution in [0.3, 0.4) is 0 Å². The van der Waals surface area contributed by atoms with Crippen LogP contribution in [-0.2, 0) is 26.3 Å². The molecule has 1 heterocycles. The molecule has 0 unspecified atom stereocenters. The number of sulfone groups is 1. The van der Waals surface area contributed by atoms with Crippen LogP contribution in [0.2, 0.25) is 5.02 Å². The highest BCUT2D eigenvalue weighted by atomic mass is 79.9. The van der Waals surface area contributed by atoms with Gasteiger partial charge in [0.2, 0.25) is 0 Å². The first kappa shape index (κ1) is 19.3. The number of anilines is 1. The molecule has 2 aromatic carbocycles. The maximum absolute atomic E-state index is 12.8. The van der Waals surface area contributed by atoms with Crippen molar-refractivity contribution in [2.45, 2.75) is 16.2 Å². The molecular formula is C15H13BrClNO6S2. The minimum atomic E-state index is -4.18. The van der Waals surface area contributed by atoms with E-state index in [-0.39, 0.29) is 21.4 Å². The second-order valence-electron chi connectivity index (χ2n) is 5.67. The normalized spacial score (nSPS) is 14.0. The quantitative estimate of drug-likeness (QED) is 0.649. The molecule has 0 atom stereocenters. The van der Waals surface area contributed by atoms with Crippen LogP contribution in [-0.4, -0.2) is 34.8 Å². The van der Waals surface area contributed by atoms with E-state index in [1.807, 2.05) is 0 Å². The molecule has 1 aliphatic rings. The highest BCUT2D eigenvalue weighted by molar-refractivity contribution is 9.10. The van der Waals surface area contributed by atoms with Crippen molar-refractivity contribution in [3.8, 4) is 11.5 Å². The molecule has 2 N–H and O–H groups in total. The zero-order valence-electron chi connectivity index (χ0n) is 13.3. The molecule has 0 saturated carbocycles. The fraction of sp³-hybridized carbons (Fsp3) is 0.200. The van der Waals surface area contributed by atoms with Gasteiger partial charge in [-0.05, 0) is 24.3 Å². The van der Waals surface area contributed by atoms with Crippen LogP contribution >= 0.6 is 27.5 Å². The summed E-state index contributed by atoms with van der Waals surface area (Å²) < 4.78 is 57.3. The largest absolute Gasteiger partial charge is 0.504 e. The maximum atomic E-state index is 12.8. The number of hydrogen-bond acceptors (Lipinski definition) is 6. The van der Waals surface area contributed by atoms with Crippen molar-refractivity contribution >= 4 is 53.1 Å². The number of benzene rings is 2. The van der Waals surface area contributed by atoms with Crippen molar-refractivity contribution in [2.24, 2.45) is 0 Å². The number of phenolic OH excluding ortho intramolecular Hbond substituents is 1. The van der Waals surface area contributed by atoms with Crippen LogP contribution in [0.4, 0.5) is 5.69 Å². The van der Waals surface area contributed by atoms with Crippen LogP contribution in [0, 0.1) is 0 Å². The molecule has 2 aromatic rings. The molecule has 0 saturated heterocycles. The van der Waals surface area contributed by atoms with Gasteiger partial charge in [0, 0.05) is 27.7 Å². The molecule has 7 nitrogen and oxygen atoms in total. The molecule has 0 amide bonds. The van der Waals surface area contributed by atoms with Gasteiger partial charge in [-0.1, -0.05) is 27.5 Å². The van der Waals surface area contributed by atoms with E-state index >= 15 is 0 Å². The minimum absolute atomic E-state index is 0.0448. The Morgan fingerprint density at radius 1 is 1.15 bits per heavy atom. The van der Waals surface area contributed by atoms with Crippen molar-refractivity contribution in [1.82, 2.24) is 0 Å². The van der Waals surface area contributed by atoms with Gasteiger partial charge in [0.05, 0.1) is 12.3 Å². The lowest BCUT2D eigenvalue weighted by Gasteiger charge is -2.14. The van der Waals surface area contributed by atoms with Gasteiger partial charge in [-0.15, -0.1) is 0 Å². The Labute approximate surface area is 164 Å². The minimum Gasteiger partial charge on any atom is -0.504 e. The average molecular weight is 483 g/mol. The number of nitrogens with one attached hydrogen (secondary N) is 1. The van der Waals surface area contributed by atoms with E-state index in [1.165, 1.54) is 6.07 Å². The first-order valence-corrected chi connectivity index (χ1v) is 11.7. The third kappa shape index (κ3) is 3.64. The Kier molecular flexibility index (Phi) is 4.89. The van der Waals surface area contributed by atoms with Crippen molar-refractivity contribution in [3.05, 3.63) is 39.3 Å². The topological polar surface area (TPSA) is 110 Å². The van der Waals surface area contributed by atoms with Crippen molar-refractivity contribution < 1.29 is 26.7 Å². The molecule has 11 heteroatoms. The van der Waals surface area contributed by atoms with Crippen molar-refractivity contribution in [3.63, 3.8) is 0 Å². The monoisotopic (exact) mass is 481 g/mol. The summed E-state index contributed by atoms with van der Waals surface area (Å²) in [6.07, 6.45) is 1.45. The predicted molar refractivity (Wildman–Crippen MR) is 100 cm³/mol. The van der Waals surface area contributed by atoms with Crippen LogP contribution in [0.15, 0.2) is 38.5 Å². The van der Waals surface area contributed by atoms with Gasteiger partial charge in [-0.3, -0.25) is 4.72 Å². The van der Waals surface area contributed by atoms with E-state index in [0.717, 1.165) is 24.0 Å². The lowest BCUT2D eigenvalue weighted by molar-refractivity contribution is 0.348. The molecule has 0 bridgehead atoms. The number of halogens is 2.